The van der Waals surface area contributed by atoms with E-state index in [9.17, 15) is 0 Å². The molecule has 0 fully saturated rings. The van der Waals surface area contributed by atoms with Gasteiger partial charge in [-0.3, -0.25) is 4.98 Å². The van der Waals surface area contributed by atoms with Crippen molar-refractivity contribution >= 4 is 27.5 Å². The van der Waals surface area contributed by atoms with Crippen LogP contribution in [0.2, 0.25) is 0 Å². The predicted octanol–water partition coefficient (Wildman–Crippen LogP) is 2.86. The predicted molar refractivity (Wildman–Crippen MR) is 83.0 cm³/mol. The molecule has 2 aromatic rings. The van der Waals surface area contributed by atoms with Crippen molar-refractivity contribution in [1.29, 1.82) is 0 Å². The van der Waals surface area contributed by atoms with E-state index in [1.54, 1.807) is 12.3 Å². The first-order valence-corrected chi connectivity index (χ1v) is 6.82. The van der Waals surface area contributed by atoms with Gasteiger partial charge in [-0.05, 0) is 58.2 Å². The molecule has 0 atom stereocenters. The van der Waals surface area contributed by atoms with Gasteiger partial charge in [0.25, 0.3) is 0 Å². The number of amidine groups is 1. The lowest BCUT2D eigenvalue weighted by Crippen LogP contribution is -2.15. The number of pyridine rings is 1. The second kappa shape index (κ2) is 6.38. The second-order valence-electron chi connectivity index (χ2n) is 4.37. The van der Waals surface area contributed by atoms with Crippen LogP contribution < -0.4 is 11.1 Å². The second-order valence-corrected chi connectivity index (χ2v) is 5.23. The quantitative estimate of drug-likeness (QED) is 0.347. The fourth-order valence-corrected chi connectivity index (χ4v) is 2.13. The number of rotatable bonds is 4. The molecule has 0 spiro atoms. The number of oxime groups is 1. The van der Waals surface area contributed by atoms with Crippen molar-refractivity contribution in [2.24, 2.45) is 10.9 Å². The first-order valence-electron chi connectivity index (χ1n) is 6.03. The first kappa shape index (κ1) is 14.3. The minimum Gasteiger partial charge on any atom is -0.409 e. The smallest absolute Gasteiger partial charge is 0.188 e. The molecule has 1 aromatic carbocycles. The molecule has 6 heteroatoms. The first-order chi connectivity index (χ1) is 9.60. The molecule has 0 bridgehead atoms. The lowest BCUT2D eigenvalue weighted by Gasteiger charge is -2.10. The van der Waals surface area contributed by atoms with E-state index >= 15 is 0 Å². The third-order valence-corrected chi connectivity index (χ3v) is 3.49. The number of nitrogens with zero attached hydrogens (tertiary/aromatic N) is 2. The Morgan fingerprint density at radius 2 is 2.20 bits per heavy atom. The summed E-state index contributed by atoms with van der Waals surface area (Å²) < 4.78 is 1.01. The lowest BCUT2D eigenvalue weighted by atomic mass is 10.2. The van der Waals surface area contributed by atoms with Crippen LogP contribution in [0.4, 0.5) is 5.69 Å². The number of anilines is 1. The van der Waals surface area contributed by atoms with E-state index in [1.165, 1.54) is 5.56 Å². The van der Waals surface area contributed by atoms with Gasteiger partial charge in [0.2, 0.25) is 0 Å². The van der Waals surface area contributed by atoms with Gasteiger partial charge < -0.3 is 16.3 Å². The third kappa shape index (κ3) is 3.48. The molecule has 0 saturated heterocycles. The fraction of sp³-hybridized carbons (Fsp3) is 0.143. The van der Waals surface area contributed by atoms with Crippen LogP contribution in [0.1, 0.15) is 16.8 Å². The summed E-state index contributed by atoms with van der Waals surface area (Å²) in [4.78, 5) is 4.04. The molecule has 0 amide bonds. The average Bonchev–Trinajstić information content (AvgIpc) is 2.47. The standard InChI is InChI=1S/C14H15BrN4O/c1-9-2-3-11(15)12(6-9)18-8-10-4-5-17-13(7-10)14(16)19-20/h2-7,18,20H,8H2,1H3,(H2,16,19). The molecule has 20 heavy (non-hydrogen) atoms. The van der Waals surface area contributed by atoms with Crippen LogP contribution in [-0.4, -0.2) is 16.0 Å². The van der Waals surface area contributed by atoms with E-state index in [-0.39, 0.29) is 5.84 Å². The largest absolute Gasteiger partial charge is 0.409 e. The highest BCUT2D eigenvalue weighted by Crippen LogP contribution is 2.23. The van der Waals surface area contributed by atoms with Crippen LogP contribution in [-0.2, 0) is 6.54 Å². The van der Waals surface area contributed by atoms with Gasteiger partial charge in [-0.15, -0.1) is 0 Å². The van der Waals surface area contributed by atoms with E-state index in [0.717, 1.165) is 15.7 Å². The van der Waals surface area contributed by atoms with Crippen molar-refractivity contribution in [1.82, 2.24) is 4.98 Å². The summed E-state index contributed by atoms with van der Waals surface area (Å²) in [6.45, 7) is 2.66. The monoisotopic (exact) mass is 334 g/mol. The Bertz CT molecular complexity index is 643. The molecule has 4 N–H and O–H groups in total. The summed E-state index contributed by atoms with van der Waals surface area (Å²) >= 11 is 3.51. The van der Waals surface area contributed by atoms with Gasteiger partial charge in [0, 0.05) is 22.9 Å². The van der Waals surface area contributed by atoms with Gasteiger partial charge in [-0.25, -0.2) is 0 Å². The van der Waals surface area contributed by atoms with Crippen molar-refractivity contribution < 1.29 is 5.21 Å². The summed E-state index contributed by atoms with van der Waals surface area (Å²) in [6.07, 6.45) is 1.63. The van der Waals surface area contributed by atoms with Crippen molar-refractivity contribution in [2.45, 2.75) is 13.5 Å². The molecule has 2 rings (SSSR count). The molecule has 1 aromatic heterocycles. The minimum absolute atomic E-state index is 0.00332. The van der Waals surface area contributed by atoms with Gasteiger partial charge in [-0.2, -0.15) is 0 Å². The minimum atomic E-state index is 0.00332. The van der Waals surface area contributed by atoms with E-state index in [2.05, 4.69) is 37.5 Å². The van der Waals surface area contributed by atoms with Crippen molar-refractivity contribution in [3.05, 3.63) is 57.8 Å². The van der Waals surface area contributed by atoms with E-state index < -0.39 is 0 Å². The molecule has 0 aliphatic heterocycles. The van der Waals surface area contributed by atoms with Crippen LogP contribution in [0.5, 0.6) is 0 Å². The molecule has 0 radical (unpaired) electrons. The number of nitrogens with one attached hydrogen (secondary N) is 1. The maximum atomic E-state index is 8.66. The molecule has 0 aliphatic carbocycles. The number of aryl methyl sites for hydroxylation is 1. The van der Waals surface area contributed by atoms with Gasteiger partial charge in [0.1, 0.15) is 5.69 Å². The normalized spacial score (nSPS) is 11.4. The van der Waals surface area contributed by atoms with Gasteiger partial charge in [0.15, 0.2) is 5.84 Å². The molecule has 0 aliphatic rings. The molecular weight excluding hydrogens is 320 g/mol. The Morgan fingerprint density at radius 3 is 2.95 bits per heavy atom. The molecule has 1 heterocycles. The maximum absolute atomic E-state index is 8.66. The molecular formula is C14H15BrN4O. The van der Waals surface area contributed by atoms with E-state index in [4.69, 9.17) is 10.9 Å². The zero-order valence-corrected chi connectivity index (χ0v) is 12.6. The zero-order valence-electron chi connectivity index (χ0n) is 11.0. The summed E-state index contributed by atoms with van der Waals surface area (Å²) in [5.74, 6) is 0.00332. The summed E-state index contributed by atoms with van der Waals surface area (Å²) in [5.41, 5.74) is 9.18. The zero-order chi connectivity index (χ0) is 14.5. The highest BCUT2D eigenvalue weighted by atomic mass is 79.9. The van der Waals surface area contributed by atoms with Gasteiger partial charge in [-0.1, -0.05) is 11.2 Å². The topological polar surface area (TPSA) is 83.5 Å². The Balaban J connectivity index is 2.13. The molecule has 0 saturated carbocycles. The van der Waals surface area contributed by atoms with Gasteiger partial charge >= 0.3 is 0 Å². The number of hydrogen-bond acceptors (Lipinski definition) is 4. The third-order valence-electron chi connectivity index (χ3n) is 2.80. The fourth-order valence-electron chi connectivity index (χ4n) is 1.75. The van der Waals surface area contributed by atoms with Crippen LogP contribution >= 0.6 is 15.9 Å². The summed E-state index contributed by atoms with van der Waals surface area (Å²) in [6, 6.07) is 9.77. The lowest BCUT2D eigenvalue weighted by molar-refractivity contribution is 0.318. The molecule has 5 nitrogen and oxygen atoms in total. The van der Waals surface area contributed by atoms with Crippen molar-refractivity contribution in [3.63, 3.8) is 0 Å². The van der Waals surface area contributed by atoms with Crippen LogP contribution in [0.25, 0.3) is 0 Å². The Hall–Kier alpha value is -2.08. The Morgan fingerprint density at radius 1 is 1.40 bits per heavy atom. The Labute approximate surface area is 125 Å². The highest BCUT2D eigenvalue weighted by Gasteiger charge is 2.04. The van der Waals surface area contributed by atoms with Crippen LogP contribution in [0.15, 0.2) is 46.2 Å². The maximum Gasteiger partial charge on any atom is 0.188 e. The van der Waals surface area contributed by atoms with Gasteiger partial charge in [0.05, 0.1) is 0 Å². The highest BCUT2D eigenvalue weighted by molar-refractivity contribution is 9.10. The number of benzene rings is 1. The average molecular weight is 335 g/mol. The van der Waals surface area contributed by atoms with Crippen molar-refractivity contribution in [2.75, 3.05) is 5.32 Å². The van der Waals surface area contributed by atoms with Crippen LogP contribution in [0, 0.1) is 6.92 Å². The number of aromatic nitrogens is 1. The SMILES string of the molecule is Cc1ccc(Br)c(NCc2ccnc(/C(N)=N/O)c2)c1. The molecule has 0 unspecified atom stereocenters. The summed E-state index contributed by atoms with van der Waals surface area (Å²) in [5, 5.41) is 14.9. The van der Waals surface area contributed by atoms with Crippen molar-refractivity contribution in [3.8, 4) is 0 Å². The number of halogens is 1. The summed E-state index contributed by atoms with van der Waals surface area (Å²) in [7, 11) is 0. The number of hydrogen-bond donors (Lipinski definition) is 3. The number of nitrogens with two attached hydrogens (primary N) is 1. The van der Waals surface area contributed by atoms with E-state index in [0.29, 0.717) is 12.2 Å². The van der Waals surface area contributed by atoms with Crippen LogP contribution in [0.3, 0.4) is 0 Å². The van der Waals surface area contributed by atoms with E-state index in [1.807, 2.05) is 25.1 Å². The Kier molecular flexibility index (Phi) is 4.57. The molecule has 104 valence electrons.